The topological polar surface area (TPSA) is 57.9 Å². The highest BCUT2D eigenvalue weighted by molar-refractivity contribution is 5.90. The number of rotatable bonds is 6. The predicted octanol–water partition coefficient (Wildman–Crippen LogP) is 5.36. The molecule has 31 heavy (non-hydrogen) atoms. The number of aryl methyl sites for hydroxylation is 1. The second kappa shape index (κ2) is 8.41. The Kier molecular flexibility index (Phi) is 5.67. The molecule has 4 rings (SSSR count). The highest BCUT2D eigenvalue weighted by Gasteiger charge is 2.30. The molecule has 2 aromatic carbocycles. The number of aliphatic imine (C=N–C) groups is 1. The largest absolute Gasteiger partial charge is 0.493 e. The fourth-order valence-corrected chi connectivity index (χ4v) is 4.10. The van der Waals surface area contributed by atoms with E-state index in [0.29, 0.717) is 23.7 Å². The minimum absolute atomic E-state index is 0.0827. The first-order chi connectivity index (χ1) is 15.0. The SMILES string of the molecule is CCc1nn2c(c1-c1ccc(F)cc1)N=C(C)C[C@H]2c1cc(OC)c(OC)c(OC)c1. The van der Waals surface area contributed by atoms with E-state index < -0.39 is 0 Å². The smallest absolute Gasteiger partial charge is 0.203 e. The van der Waals surface area contributed by atoms with Gasteiger partial charge >= 0.3 is 0 Å². The molecule has 0 radical (unpaired) electrons. The average Bonchev–Trinajstić information content (AvgIpc) is 3.16. The molecule has 0 spiro atoms. The van der Waals surface area contributed by atoms with Crippen molar-refractivity contribution in [3.8, 4) is 28.4 Å². The molecular formula is C24H26FN3O3. The molecule has 162 valence electrons. The summed E-state index contributed by atoms with van der Waals surface area (Å²) in [5.74, 6) is 2.26. The van der Waals surface area contributed by atoms with E-state index in [-0.39, 0.29) is 11.9 Å². The van der Waals surface area contributed by atoms with Crippen LogP contribution in [-0.4, -0.2) is 36.8 Å². The third kappa shape index (κ3) is 3.65. The number of hydrogen-bond donors (Lipinski definition) is 0. The Labute approximate surface area is 181 Å². The Morgan fingerprint density at radius 1 is 1.03 bits per heavy atom. The minimum atomic E-state index is -0.266. The van der Waals surface area contributed by atoms with Crippen LogP contribution in [0.5, 0.6) is 17.2 Å². The number of benzene rings is 2. The maximum atomic E-state index is 13.5. The van der Waals surface area contributed by atoms with E-state index in [0.717, 1.165) is 40.3 Å². The van der Waals surface area contributed by atoms with Gasteiger partial charge in [-0.25, -0.2) is 14.1 Å². The second-order valence-electron chi connectivity index (χ2n) is 7.48. The molecule has 2 heterocycles. The van der Waals surface area contributed by atoms with Crippen LogP contribution in [0.4, 0.5) is 10.2 Å². The molecule has 7 heteroatoms. The summed E-state index contributed by atoms with van der Waals surface area (Å²) in [6.07, 6.45) is 1.45. The number of methoxy groups -OCH3 is 3. The van der Waals surface area contributed by atoms with Gasteiger partial charge in [-0.2, -0.15) is 5.10 Å². The zero-order valence-electron chi connectivity index (χ0n) is 18.4. The predicted molar refractivity (Wildman–Crippen MR) is 119 cm³/mol. The first-order valence-electron chi connectivity index (χ1n) is 10.2. The first kappa shape index (κ1) is 20.9. The van der Waals surface area contributed by atoms with Gasteiger partial charge in [0.05, 0.1) is 33.1 Å². The van der Waals surface area contributed by atoms with Crippen molar-refractivity contribution in [1.82, 2.24) is 9.78 Å². The standard InChI is InChI=1S/C24H26FN3O3/c1-6-18-22(15-7-9-17(25)10-8-15)24-26-14(2)11-19(28(24)27-18)16-12-20(29-3)23(31-5)21(13-16)30-4/h7-10,12-13,19H,6,11H2,1-5H3/t19-/m0/s1. The van der Waals surface area contributed by atoms with E-state index in [9.17, 15) is 4.39 Å². The van der Waals surface area contributed by atoms with E-state index >= 15 is 0 Å². The summed E-state index contributed by atoms with van der Waals surface area (Å²) in [6, 6.07) is 10.3. The lowest BCUT2D eigenvalue weighted by Crippen LogP contribution is -2.19. The van der Waals surface area contributed by atoms with Crippen LogP contribution in [0.25, 0.3) is 11.1 Å². The van der Waals surface area contributed by atoms with Gasteiger partial charge in [0, 0.05) is 17.7 Å². The van der Waals surface area contributed by atoms with E-state index in [2.05, 4.69) is 6.92 Å². The number of aromatic nitrogens is 2. The van der Waals surface area contributed by atoms with Gasteiger partial charge in [-0.3, -0.25) is 0 Å². The maximum absolute atomic E-state index is 13.5. The van der Waals surface area contributed by atoms with E-state index in [1.54, 1.807) is 33.5 Å². The molecule has 0 fully saturated rings. The molecule has 0 aliphatic carbocycles. The number of ether oxygens (including phenoxy) is 3. The van der Waals surface area contributed by atoms with Crippen molar-refractivity contribution < 1.29 is 18.6 Å². The summed E-state index contributed by atoms with van der Waals surface area (Å²) in [4.78, 5) is 4.84. The Bertz CT molecular complexity index is 1110. The van der Waals surface area contributed by atoms with Crippen molar-refractivity contribution in [2.45, 2.75) is 32.7 Å². The number of fused-ring (bicyclic) bond motifs is 1. The van der Waals surface area contributed by atoms with Gasteiger partial charge in [0.25, 0.3) is 0 Å². The van der Waals surface area contributed by atoms with Gasteiger partial charge in [0.2, 0.25) is 5.75 Å². The first-order valence-corrected chi connectivity index (χ1v) is 10.2. The average molecular weight is 423 g/mol. The van der Waals surface area contributed by atoms with E-state index in [4.69, 9.17) is 24.3 Å². The van der Waals surface area contributed by atoms with Crippen molar-refractivity contribution in [1.29, 1.82) is 0 Å². The zero-order valence-corrected chi connectivity index (χ0v) is 18.4. The van der Waals surface area contributed by atoms with Gasteiger partial charge in [-0.15, -0.1) is 0 Å². The maximum Gasteiger partial charge on any atom is 0.203 e. The molecule has 1 aliphatic rings. The van der Waals surface area contributed by atoms with Gasteiger partial charge < -0.3 is 14.2 Å². The number of nitrogens with zero attached hydrogens (tertiary/aromatic N) is 3. The van der Waals surface area contributed by atoms with Crippen LogP contribution < -0.4 is 14.2 Å². The summed E-state index contributed by atoms with van der Waals surface area (Å²) < 4.78 is 32.1. The molecule has 3 aromatic rings. The monoisotopic (exact) mass is 423 g/mol. The van der Waals surface area contributed by atoms with Crippen molar-refractivity contribution in [2.24, 2.45) is 4.99 Å². The Morgan fingerprint density at radius 3 is 2.23 bits per heavy atom. The molecule has 1 aromatic heterocycles. The quantitative estimate of drug-likeness (QED) is 0.535. The van der Waals surface area contributed by atoms with Gasteiger partial charge in [0.15, 0.2) is 17.3 Å². The Balaban J connectivity index is 1.90. The summed E-state index contributed by atoms with van der Waals surface area (Å²) in [5, 5.41) is 4.92. The van der Waals surface area contributed by atoms with Crippen molar-refractivity contribution >= 4 is 11.5 Å². The molecular weight excluding hydrogens is 397 g/mol. The van der Waals surface area contributed by atoms with Crippen molar-refractivity contribution in [3.05, 3.63) is 53.5 Å². The third-order valence-corrected chi connectivity index (χ3v) is 5.58. The molecule has 0 amide bonds. The Morgan fingerprint density at radius 2 is 1.68 bits per heavy atom. The molecule has 6 nitrogen and oxygen atoms in total. The third-order valence-electron chi connectivity index (χ3n) is 5.58. The van der Waals surface area contributed by atoms with E-state index in [1.807, 2.05) is 23.7 Å². The zero-order chi connectivity index (χ0) is 22.1. The van der Waals surface area contributed by atoms with Crippen LogP contribution in [0.1, 0.15) is 37.6 Å². The lowest BCUT2D eigenvalue weighted by atomic mass is 9.98. The summed E-state index contributed by atoms with van der Waals surface area (Å²) in [7, 11) is 4.80. The van der Waals surface area contributed by atoms with Crippen LogP contribution in [0.15, 0.2) is 41.4 Å². The van der Waals surface area contributed by atoms with Crippen molar-refractivity contribution in [3.63, 3.8) is 0 Å². The van der Waals surface area contributed by atoms with Gasteiger partial charge in [0.1, 0.15) is 5.82 Å². The molecule has 0 bridgehead atoms. The van der Waals surface area contributed by atoms with Crippen LogP contribution >= 0.6 is 0 Å². The summed E-state index contributed by atoms with van der Waals surface area (Å²) in [6.45, 7) is 4.08. The van der Waals surface area contributed by atoms with Gasteiger partial charge in [-0.05, 0) is 48.7 Å². The van der Waals surface area contributed by atoms with Crippen LogP contribution in [0.2, 0.25) is 0 Å². The fourth-order valence-electron chi connectivity index (χ4n) is 4.10. The normalized spacial score (nSPS) is 15.3. The minimum Gasteiger partial charge on any atom is -0.493 e. The Hall–Kier alpha value is -3.35. The highest BCUT2D eigenvalue weighted by Crippen LogP contribution is 2.45. The van der Waals surface area contributed by atoms with Crippen LogP contribution in [0, 0.1) is 5.82 Å². The van der Waals surface area contributed by atoms with Crippen molar-refractivity contribution in [2.75, 3.05) is 21.3 Å². The second-order valence-corrected chi connectivity index (χ2v) is 7.48. The summed E-state index contributed by atoms with van der Waals surface area (Å²) in [5.41, 5.74) is 4.76. The van der Waals surface area contributed by atoms with Crippen LogP contribution in [-0.2, 0) is 6.42 Å². The molecule has 0 saturated heterocycles. The molecule has 1 aliphatic heterocycles. The fraction of sp³-hybridized carbons (Fsp3) is 0.333. The molecule has 1 atom stereocenters. The molecule has 0 N–H and O–H groups in total. The molecule has 0 saturated carbocycles. The number of hydrogen-bond acceptors (Lipinski definition) is 5. The number of halogens is 1. The van der Waals surface area contributed by atoms with E-state index in [1.165, 1.54) is 12.1 Å². The van der Waals surface area contributed by atoms with Gasteiger partial charge in [-0.1, -0.05) is 19.1 Å². The molecule has 0 unspecified atom stereocenters. The highest BCUT2D eigenvalue weighted by atomic mass is 19.1. The summed E-state index contributed by atoms with van der Waals surface area (Å²) >= 11 is 0. The van der Waals surface area contributed by atoms with Crippen LogP contribution in [0.3, 0.4) is 0 Å². The lowest BCUT2D eigenvalue weighted by Gasteiger charge is -2.25. The lowest BCUT2D eigenvalue weighted by molar-refractivity contribution is 0.323.